The van der Waals surface area contributed by atoms with Crippen LogP contribution < -0.4 is 5.32 Å². The van der Waals surface area contributed by atoms with Crippen LogP contribution in [0.2, 0.25) is 0 Å². The highest BCUT2D eigenvalue weighted by molar-refractivity contribution is 9.10. The van der Waals surface area contributed by atoms with E-state index in [1.807, 2.05) is 7.05 Å². The lowest BCUT2D eigenvalue weighted by molar-refractivity contribution is 0.0998. The summed E-state index contributed by atoms with van der Waals surface area (Å²) >= 11 is 3.14. The number of rotatable bonds is 5. The monoisotopic (exact) mass is 333 g/mol. The molecular formula is C14H18BrF2NO. The maximum absolute atomic E-state index is 13.6. The molecule has 2 nitrogen and oxygen atoms in total. The molecule has 0 amide bonds. The van der Waals surface area contributed by atoms with Gasteiger partial charge in [0, 0.05) is 12.6 Å². The van der Waals surface area contributed by atoms with Crippen LogP contribution in [0.4, 0.5) is 8.78 Å². The summed E-state index contributed by atoms with van der Waals surface area (Å²) in [5, 5.41) is 3.16. The second-order valence-electron chi connectivity index (χ2n) is 4.82. The summed E-state index contributed by atoms with van der Waals surface area (Å²) in [7, 11) is 1.83. The summed E-state index contributed by atoms with van der Waals surface area (Å²) in [6, 6.07) is 2.79. The minimum atomic E-state index is -0.829. The average molecular weight is 334 g/mol. The molecule has 1 aromatic carbocycles. The average Bonchev–Trinajstić information content (AvgIpc) is 2.92. The molecule has 2 atom stereocenters. The Balaban J connectivity index is 2.06. The molecule has 1 aromatic rings. The Hall–Kier alpha value is -0.520. The van der Waals surface area contributed by atoms with Gasteiger partial charge in [-0.2, -0.15) is 0 Å². The maximum atomic E-state index is 13.6. The van der Waals surface area contributed by atoms with Gasteiger partial charge in [0.1, 0.15) is 0 Å². The Morgan fingerprint density at radius 2 is 2.26 bits per heavy atom. The van der Waals surface area contributed by atoms with Gasteiger partial charge in [0.15, 0.2) is 11.6 Å². The fourth-order valence-electron chi connectivity index (χ4n) is 2.49. The van der Waals surface area contributed by atoms with Crippen LogP contribution in [0.3, 0.4) is 0 Å². The Morgan fingerprint density at radius 3 is 2.89 bits per heavy atom. The van der Waals surface area contributed by atoms with E-state index in [-0.39, 0.29) is 10.5 Å². The Bertz CT molecular complexity index is 436. The Labute approximate surface area is 120 Å². The standard InChI is InChI=1S/C14H18BrF2NO/c1-18-12(7-4-9-3-2-8-19-9)10-5-6-11(16)14(17)13(10)15/h5-6,9,12,18H,2-4,7-8H2,1H3. The molecule has 106 valence electrons. The molecule has 0 radical (unpaired) electrons. The minimum absolute atomic E-state index is 0.00586. The third kappa shape index (κ3) is 3.52. The van der Waals surface area contributed by atoms with Crippen molar-refractivity contribution in [1.82, 2.24) is 5.32 Å². The number of hydrogen-bond donors (Lipinski definition) is 1. The van der Waals surface area contributed by atoms with Crippen LogP contribution in [-0.4, -0.2) is 19.8 Å². The molecule has 1 aliphatic heterocycles. The highest BCUT2D eigenvalue weighted by Gasteiger charge is 2.21. The highest BCUT2D eigenvalue weighted by Crippen LogP contribution is 2.31. The highest BCUT2D eigenvalue weighted by atomic mass is 79.9. The smallest absolute Gasteiger partial charge is 0.173 e. The Kier molecular flexibility index (Phi) is 5.30. The summed E-state index contributed by atoms with van der Waals surface area (Å²) in [4.78, 5) is 0. The molecule has 0 aromatic heterocycles. The number of ether oxygens (including phenoxy) is 1. The van der Waals surface area contributed by atoms with Crippen molar-refractivity contribution in [3.05, 3.63) is 33.8 Å². The molecule has 0 aliphatic carbocycles. The summed E-state index contributed by atoms with van der Waals surface area (Å²) < 4.78 is 32.5. The van der Waals surface area contributed by atoms with Gasteiger partial charge >= 0.3 is 0 Å². The number of benzene rings is 1. The van der Waals surface area contributed by atoms with Crippen molar-refractivity contribution in [2.24, 2.45) is 0 Å². The molecule has 1 saturated heterocycles. The quantitative estimate of drug-likeness (QED) is 0.824. The van der Waals surface area contributed by atoms with Crippen LogP contribution in [0, 0.1) is 11.6 Å². The van der Waals surface area contributed by atoms with E-state index in [1.54, 1.807) is 6.07 Å². The third-order valence-electron chi connectivity index (χ3n) is 3.59. The van der Waals surface area contributed by atoms with Crippen molar-refractivity contribution in [2.45, 2.75) is 37.8 Å². The zero-order chi connectivity index (χ0) is 13.8. The molecule has 2 rings (SSSR count). The molecule has 1 fully saturated rings. The first-order chi connectivity index (χ1) is 9.13. The van der Waals surface area contributed by atoms with E-state index in [2.05, 4.69) is 21.2 Å². The van der Waals surface area contributed by atoms with Gasteiger partial charge in [-0.05, 0) is 60.3 Å². The molecule has 0 saturated carbocycles. The lowest BCUT2D eigenvalue weighted by Crippen LogP contribution is -2.19. The third-order valence-corrected chi connectivity index (χ3v) is 4.40. The normalized spacial score (nSPS) is 20.7. The predicted molar refractivity (Wildman–Crippen MR) is 74.1 cm³/mol. The summed E-state index contributed by atoms with van der Waals surface area (Å²) in [6.45, 7) is 0.837. The van der Waals surface area contributed by atoms with Gasteiger partial charge in [0.2, 0.25) is 0 Å². The van der Waals surface area contributed by atoms with Gasteiger partial charge in [0.25, 0.3) is 0 Å². The van der Waals surface area contributed by atoms with Gasteiger partial charge in [-0.3, -0.25) is 0 Å². The predicted octanol–water partition coefficient (Wildman–Crippen LogP) is 3.95. The van der Waals surface area contributed by atoms with Crippen molar-refractivity contribution >= 4 is 15.9 Å². The first kappa shape index (κ1) is 14.9. The molecule has 1 aliphatic rings. The summed E-state index contributed by atoms with van der Waals surface area (Å²) in [6.07, 6.45) is 4.28. The van der Waals surface area contributed by atoms with E-state index in [4.69, 9.17) is 4.74 Å². The van der Waals surface area contributed by atoms with Gasteiger partial charge in [0.05, 0.1) is 10.6 Å². The lowest BCUT2D eigenvalue weighted by Gasteiger charge is -2.20. The SMILES string of the molecule is CNC(CCC1CCCO1)c1ccc(F)c(F)c1Br. The van der Waals surface area contributed by atoms with E-state index >= 15 is 0 Å². The summed E-state index contributed by atoms with van der Waals surface area (Å²) in [5.41, 5.74) is 0.749. The molecule has 2 unspecified atom stereocenters. The van der Waals surface area contributed by atoms with Crippen LogP contribution >= 0.6 is 15.9 Å². The van der Waals surface area contributed by atoms with E-state index in [0.29, 0.717) is 6.10 Å². The van der Waals surface area contributed by atoms with Gasteiger partial charge in [-0.25, -0.2) is 8.78 Å². The van der Waals surface area contributed by atoms with Crippen LogP contribution in [0.25, 0.3) is 0 Å². The van der Waals surface area contributed by atoms with Crippen molar-refractivity contribution < 1.29 is 13.5 Å². The molecule has 5 heteroatoms. The van der Waals surface area contributed by atoms with Crippen molar-refractivity contribution in [3.63, 3.8) is 0 Å². The second-order valence-corrected chi connectivity index (χ2v) is 5.61. The van der Waals surface area contributed by atoms with Crippen LogP contribution in [-0.2, 0) is 4.74 Å². The number of hydrogen-bond acceptors (Lipinski definition) is 2. The largest absolute Gasteiger partial charge is 0.378 e. The maximum Gasteiger partial charge on any atom is 0.173 e. The van der Waals surface area contributed by atoms with Crippen LogP contribution in [0.5, 0.6) is 0 Å². The molecule has 1 N–H and O–H groups in total. The fraction of sp³-hybridized carbons (Fsp3) is 0.571. The minimum Gasteiger partial charge on any atom is -0.378 e. The van der Waals surface area contributed by atoms with Gasteiger partial charge in [-0.15, -0.1) is 0 Å². The molecule has 0 bridgehead atoms. The number of halogens is 3. The molecule has 0 spiro atoms. The number of nitrogens with one attached hydrogen (secondary N) is 1. The second kappa shape index (κ2) is 6.77. The van der Waals surface area contributed by atoms with E-state index in [0.717, 1.165) is 37.9 Å². The topological polar surface area (TPSA) is 21.3 Å². The van der Waals surface area contributed by atoms with Gasteiger partial charge in [-0.1, -0.05) is 6.07 Å². The van der Waals surface area contributed by atoms with Crippen LogP contribution in [0.1, 0.15) is 37.3 Å². The van der Waals surface area contributed by atoms with Crippen LogP contribution in [0.15, 0.2) is 16.6 Å². The van der Waals surface area contributed by atoms with Crippen molar-refractivity contribution in [3.8, 4) is 0 Å². The molecule has 1 heterocycles. The zero-order valence-corrected chi connectivity index (χ0v) is 12.5. The lowest BCUT2D eigenvalue weighted by atomic mass is 9.99. The van der Waals surface area contributed by atoms with Crippen molar-refractivity contribution in [1.29, 1.82) is 0 Å². The zero-order valence-electron chi connectivity index (χ0n) is 10.9. The first-order valence-corrected chi connectivity index (χ1v) is 7.35. The fourth-order valence-corrected chi connectivity index (χ4v) is 3.09. The molecular weight excluding hydrogens is 316 g/mol. The van der Waals surface area contributed by atoms with Crippen molar-refractivity contribution in [2.75, 3.05) is 13.7 Å². The van der Waals surface area contributed by atoms with E-state index < -0.39 is 11.6 Å². The van der Waals surface area contributed by atoms with E-state index in [9.17, 15) is 8.78 Å². The van der Waals surface area contributed by atoms with E-state index in [1.165, 1.54) is 6.07 Å². The summed E-state index contributed by atoms with van der Waals surface area (Å²) in [5.74, 6) is -1.65. The Morgan fingerprint density at radius 1 is 1.47 bits per heavy atom. The van der Waals surface area contributed by atoms with Gasteiger partial charge < -0.3 is 10.1 Å². The molecule has 19 heavy (non-hydrogen) atoms. The first-order valence-electron chi connectivity index (χ1n) is 6.55.